The molecule has 0 aliphatic carbocycles. The van der Waals surface area contributed by atoms with E-state index in [0.717, 1.165) is 24.6 Å². The predicted octanol–water partition coefficient (Wildman–Crippen LogP) is 4.17. The van der Waals surface area contributed by atoms with Gasteiger partial charge in [0.2, 0.25) is 0 Å². The van der Waals surface area contributed by atoms with Crippen molar-refractivity contribution in [3.63, 3.8) is 0 Å². The van der Waals surface area contributed by atoms with Crippen molar-refractivity contribution in [1.82, 2.24) is 9.80 Å². The summed E-state index contributed by atoms with van der Waals surface area (Å²) in [5.74, 6) is 2.05. The van der Waals surface area contributed by atoms with Gasteiger partial charge in [-0.2, -0.15) is 0 Å². The van der Waals surface area contributed by atoms with Crippen LogP contribution in [0.25, 0.3) is 0 Å². The highest BCUT2D eigenvalue weighted by molar-refractivity contribution is 5.28. The first-order valence-electron chi connectivity index (χ1n) is 9.85. The number of rotatable bonds is 5. The van der Waals surface area contributed by atoms with Gasteiger partial charge < -0.3 is 9.15 Å². The normalized spacial score (nSPS) is 21.1. The van der Waals surface area contributed by atoms with Crippen molar-refractivity contribution < 1.29 is 9.15 Å². The molecule has 0 bridgehead atoms. The summed E-state index contributed by atoms with van der Waals surface area (Å²) >= 11 is 0. The van der Waals surface area contributed by atoms with Crippen LogP contribution in [-0.4, -0.2) is 43.1 Å². The van der Waals surface area contributed by atoms with Gasteiger partial charge in [0.25, 0.3) is 0 Å². The summed E-state index contributed by atoms with van der Waals surface area (Å²) in [6.07, 6.45) is 7.12. The Hall–Kier alpha value is -1.78. The van der Waals surface area contributed by atoms with Crippen molar-refractivity contribution in [2.24, 2.45) is 5.41 Å². The summed E-state index contributed by atoms with van der Waals surface area (Å²) in [4.78, 5) is 5.15. The molecule has 2 aliphatic rings. The molecular weight excluding hydrogens is 324 g/mol. The molecule has 2 fully saturated rings. The second-order valence-electron chi connectivity index (χ2n) is 7.98. The lowest BCUT2D eigenvalue weighted by Gasteiger charge is -2.47. The van der Waals surface area contributed by atoms with Crippen LogP contribution in [0.3, 0.4) is 0 Å². The Balaban J connectivity index is 1.25. The van der Waals surface area contributed by atoms with Crippen LogP contribution in [0.4, 0.5) is 0 Å². The topological polar surface area (TPSA) is 28.9 Å². The Morgan fingerprint density at radius 3 is 2.23 bits per heavy atom. The van der Waals surface area contributed by atoms with E-state index in [-0.39, 0.29) is 0 Å². The van der Waals surface area contributed by atoms with Crippen LogP contribution in [0.5, 0.6) is 5.75 Å². The van der Waals surface area contributed by atoms with Crippen LogP contribution >= 0.6 is 0 Å². The van der Waals surface area contributed by atoms with E-state index in [2.05, 4.69) is 34.1 Å². The molecule has 0 N–H and O–H groups in total. The van der Waals surface area contributed by atoms with E-state index in [4.69, 9.17) is 9.15 Å². The van der Waals surface area contributed by atoms with Gasteiger partial charge in [-0.05, 0) is 87.1 Å². The lowest BCUT2D eigenvalue weighted by atomic mass is 9.71. The van der Waals surface area contributed by atoms with Gasteiger partial charge in [0.15, 0.2) is 0 Å². The maximum atomic E-state index is 5.50. The Labute approximate surface area is 156 Å². The lowest BCUT2D eigenvalue weighted by molar-refractivity contribution is 0.0281. The summed E-state index contributed by atoms with van der Waals surface area (Å²) < 4.78 is 10.9. The second kappa shape index (κ2) is 7.85. The molecule has 1 aromatic heterocycles. The van der Waals surface area contributed by atoms with Gasteiger partial charge in [0.1, 0.15) is 11.5 Å². The number of ether oxygens (including phenoxy) is 1. The van der Waals surface area contributed by atoms with Crippen molar-refractivity contribution in [2.45, 2.75) is 38.8 Å². The molecule has 140 valence electrons. The van der Waals surface area contributed by atoms with Gasteiger partial charge >= 0.3 is 0 Å². The number of hydrogen-bond donors (Lipinski definition) is 0. The Bertz CT molecular complexity index is 680. The molecule has 4 nitrogen and oxygen atoms in total. The first kappa shape index (κ1) is 17.6. The third kappa shape index (κ3) is 4.13. The SMILES string of the molecule is COc1cccc(CN2CCC3(CC2)CCN(Cc2ccco2)CC3)c1. The van der Waals surface area contributed by atoms with Crippen LogP contribution in [0.2, 0.25) is 0 Å². The average Bonchev–Trinajstić information content (AvgIpc) is 3.19. The molecular formula is C22H30N2O2. The fourth-order valence-electron chi connectivity index (χ4n) is 4.52. The number of hydrogen-bond acceptors (Lipinski definition) is 4. The molecule has 1 aromatic carbocycles. The minimum atomic E-state index is 0.574. The summed E-state index contributed by atoms with van der Waals surface area (Å²) in [7, 11) is 1.74. The first-order chi connectivity index (χ1) is 12.7. The molecule has 1 spiro atoms. The van der Waals surface area contributed by atoms with Crippen LogP contribution in [0.15, 0.2) is 47.1 Å². The van der Waals surface area contributed by atoms with E-state index in [1.807, 2.05) is 12.1 Å². The maximum absolute atomic E-state index is 5.50. The molecule has 4 heteroatoms. The molecule has 0 atom stereocenters. The van der Waals surface area contributed by atoms with Crippen molar-refractivity contribution in [3.05, 3.63) is 54.0 Å². The fraction of sp³-hybridized carbons (Fsp3) is 0.545. The van der Waals surface area contributed by atoms with E-state index < -0.39 is 0 Å². The Morgan fingerprint density at radius 2 is 1.62 bits per heavy atom. The van der Waals surface area contributed by atoms with E-state index in [1.54, 1.807) is 13.4 Å². The van der Waals surface area contributed by atoms with Gasteiger partial charge in [-0.25, -0.2) is 0 Å². The van der Waals surface area contributed by atoms with Crippen molar-refractivity contribution in [1.29, 1.82) is 0 Å². The molecule has 0 radical (unpaired) electrons. The number of likely N-dealkylation sites (tertiary alicyclic amines) is 2. The van der Waals surface area contributed by atoms with Gasteiger partial charge in [-0.1, -0.05) is 12.1 Å². The van der Waals surface area contributed by atoms with E-state index in [9.17, 15) is 0 Å². The molecule has 26 heavy (non-hydrogen) atoms. The maximum Gasteiger partial charge on any atom is 0.119 e. The van der Waals surface area contributed by atoms with E-state index in [0.29, 0.717) is 5.41 Å². The number of piperidine rings is 2. The molecule has 0 saturated carbocycles. The van der Waals surface area contributed by atoms with Gasteiger partial charge in [-0.15, -0.1) is 0 Å². The predicted molar refractivity (Wildman–Crippen MR) is 103 cm³/mol. The molecule has 2 aromatic rings. The first-order valence-corrected chi connectivity index (χ1v) is 9.85. The zero-order chi connectivity index (χ0) is 17.8. The summed E-state index contributed by atoms with van der Waals surface area (Å²) in [6.45, 7) is 6.85. The lowest BCUT2D eigenvalue weighted by Crippen LogP contribution is -2.46. The summed E-state index contributed by atoms with van der Waals surface area (Å²) in [5, 5.41) is 0. The highest BCUT2D eigenvalue weighted by Crippen LogP contribution is 2.41. The molecule has 0 amide bonds. The molecule has 2 aliphatic heterocycles. The van der Waals surface area contributed by atoms with Crippen LogP contribution in [-0.2, 0) is 13.1 Å². The van der Waals surface area contributed by atoms with E-state index >= 15 is 0 Å². The third-order valence-electron chi connectivity index (χ3n) is 6.33. The largest absolute Gasteiger partial charge is 0.497 e. The molecule has 3 heterocycles. The standard InChI is InChI=1S/C22H30N2O2/c1-25-20-5-2-4-19(16-20)17-23-11-7-22(8-12-23)9-13-24(14-10-22)18-21-6-3-15-26-21/h2-6,15-16H,7-14,17-18H2,1H3. The Kier molecular flexibility index (Phi) is 5.32. The second-order valence-corrected chi connectivity index (χ2v) is 7.98. The van der Waals surface area contributed by atoms with Gasteiger partial charge in [-0.3, -0.25) is 9.80 Å². The minimum absolute atomic E-state index is 0.574. The zero-order valence-corrected chi connectivity index (χ0v) is 15.8. The quantitative estimate of drug-likeness (QED) is 0.806. The van der Waals surface area contributed by atoms with E-state index in [1.165, 1.54) is 57.4 Å². The summed E-state index contributed by atoms with van der Waals surface area (Å²) in [5.41, 5.74) is 1.93. The van der Waals surface area contributed by atoms with Crippen LogP contribution in [0.1, 0.15) is 37.0 Å². The van der Waals surface area contributed by atoms with Crippen molar-refractivity contribution >= 4 is 0 Å². The van der Waals surface area contributed by atoms with Gasteiger partial charge in [0.05, 0.1) is 19.9 Å². The minimum Gasteiger partial charge on any atom is -0.497 e. The highest BCUT2D eigenvalue weighted by Gasteiger charge is 2.37. The Morgan fingerprint density at radius 1 is 0.923 bits per heavy atom. The number of methoxy groups -OCH3 is 1. The monoisotopic (exact) mass is 354 g/mol. The summed E-state index contributed by atoms with van der Waals surface area (Å²) in [6, 6.07) is 12.6. The zero-order valence-electron chi connectivity index (χ0n) is 15.8. The van der Waals surface area contributed by atoms with Crippen molar-refractivity contribution in [3.8, 4) is 5.75 Å². The van der Waals surface area contributed by atoms with Crippen LogP contribution in [0, 0.1) is 5.41 Å². The van der Waals surface area contributed by atoms with Crippen molar-refractivity contribution in [2.75, 3.05) is 33.3 Å². The highest BCUT2D eigenvalue weighted by atomic mass is 16.5. The molecule has 4 rings (SSSR count). The smallest absolute Gasteiger partial charge is 0.119 e. The van der Waals surface area contributed by atoms with Gasteiger partial charge in [0, 0.05) is 6.54 Å². The average molecular weight is 354 g/mol. The van der Waals surface area contributed by atoms with Crippen LogP contribution < -0.4 is 4.74 Å². The molecule has 0 unspecified atom stereocenters. The molecule has 2 saturated heterocycles. The fourth-order valence-corrected chi connectivity index (χ4v) is 4.52. The number of furan rings is 1. The number of nitrogens with zero attached hydrogens (tertiary/aromatic N) is 2. The third-order valence-corrected chi connectivity index (χ3v) is 6.33. The number of benzene rings is 1.